The van der Waals surface area contributed by atoms with Crippen molar-refractivity contribution in [3.8, 4) is 0 Å². The van der Waals surface area contributed by atoms with Gasteiger partial charge in [0.2, 0.25) is 5.91 Å². The SMILES string of the molecule is O=C(Cc1ccc2ccccc2c1)N1CCC(Nc2cccnn2)CC1. The van der Waals surface area contributed by atoms with E-state index in [4.69, 9.17) is 0 Å². The van der Waals surface area contributed by atoms with Crippen LogP contribution < -0.4 is 5.32 Å². The Hall–Kier alpha value is -2.95. The second-order valence-corrected chi connectivity index (χ2v) is 6.77. The first-order valence-corrected chi connectivity index (χ1v) is 9.07. The summed E-state index contributed by atoms with van der Waals surface area (Å²) in [5.41, 5.74) is 1.08. The highest BCUT2D eigenvalue weighted by Crippen LogP contribution is 2.18. The lowest BCUT2D eigenvalue weighted by molar-refractivity contribution is -0.131. The van der Waals surface area contributed by atoms with Crippen LogP contribution in [0.25, 0.3) is 10.8 Å². The Kier molecular flexibility index (Phi) is 4.78. The Morgan fingerprint density at radius 2 is 1.85 bits per heavy atom. The van der Waals surface area contributed by atoms with Crippen LogP contribution in [-0.4, -0.2) is 40.1 Å². The molecule has 0 saturated carbocycles. The molecule has 1 amide bonds. The Morgan fingerprint density at radius 3 is 2.62 bits per heavy atom. The summed E-state index contributed by atoms with van der Waals surface area (Å²) in [7, 11) is 0. The molecule has 0 radical (unpaired) electrons. The number of amides is 1. The predicted molar refractivity (Wildman–Crippen MR) is 103 cm³/mol. The molecule has 2 heterocycles. The van der Waals surface area contributed by atoms with E-state index in [9.17, 15) is 4.79 Å². The summed E-state index contributed by atoms with van der Waals surface area (Å²) >= 11 is 0. The van der Waals surface area contributed by atoms with E-state index in [0.717, 1.165) is 37.3 Å². The van der Waals surface area contributed by atoms with Crippen LogP contribution in [0.15, 0.2) is 60.8 Å². The molecule has 132 valence electrons. The van der Waals surface area contributed by atoms with Crippen LogP contribution in [0, 0.1) is 0 Å². The number of benzene rings is 2. The summed E-state index contributed by atoms with van der Waals surface area (Å²) < 4.78 is 0. The third-order valence-corrected chi connectivity index (χ3v) is 4.94. The smallest absolute Gasteiger partial charge is 0.226 e. The molecule has 0 aliphatic carbocycles. The fraction of sp³-hybridized carbons (Fsp3) is 0.286. The van der Waals surface area contributed by atoms with Crippen molar-refractivity contribution in [1.29, 1.82) is 0 Å². The topological polar surface area (TPSA) is 58.1 Å². The zero-order chi connectivity index (χ0) is 17.8. The Labute approximate surface area is 153 Å². The van der Waals surface area contributed by atoms with Crippen molar-refractivity contribution in [1.82, 2.24) is 15.1 Å². The standard InChI is InChI=1S/C21H22N4O/c26-21(15-16-7-8-17-4-1-2-5-18(17)14-16)25-12-9-19(10-13-25)23-20-6-3-11-22-24-20/h1-8,11,14,19H,9-10,12-13,15H2,(H,23,24). The van der Waals surface area contributed by atoms with E-state index < -0.39 is 0 Å². The molecule has 5 nitrogen and oxygen atoms in total. The van der Waals surface area contributed by atoms with Gasteiger partial charge in [-0.25, -0.2) is 0 Å². The number of hydrogen-bond donors (Lipinski definition) is 1. The Morgan fingerprint density at radius 1 is 1.04 bits per heavy atom. The lowest BCUT2D eigenvalue weighted by Gasteiger charge is -2.32. The number of fused-ring (bicyclic) bond motifs is 1. The van der Waals surface area contributed by atoms with Gasteiger partial charge in [-0.05, 0) is 41.3 Å². The number of carbonyl (C=O) groups excluding carboxylic acids is 1. The number of piperidine rings is 1. The van der Waals surface area contributed by atoms with E-state index >= 15 is 0 Å². The maximum atomic E-state index is 12.7. The predicted octanol–water partition coefficient (Wildman–Crippen LogP) is 3.28. The number of likely N-dealkylation sites (tertiary alicyclic amines) is 1. The van der Waals surface area contributed by atoms with Gasteiger partial charge in [0, 0.05) is 25.3 Å². The largest absolute Gasteiger partial charge is 0.366 e. The van der Waals surface area contributed by atoms with E-state index in [0.29, 0.717) is 12.5 Å². The lowest BCUT2D eigenvalue weighted by Crippen LogP contribution is -2.43. The van der Waals surface area contributed by atoms with Gasteiger partial charge in [-0.2, -0.15) is 5.10 Å². The highest BCUT2D eigenvalue weighted by atomic mass is 16.2. The van der Waals surface area contributed by atoms with E-state index in [-0.39, 0.29) is 5.91 Å². The summed E-state index contributed by atoms with van der Waals surface area (Å²) in [5, 5.41) is 13.7. The molecule has 1 aromatic heterocycles. The minimum atomic E-state index is 0.207. The second-order valence-electron chi connectivity index (χ2n) is 6.77. The Balaban J connectivity index is 1.33. The van der Waals surface area contributed by atoms with Crippen LogP contribution in [0.2, 0.25) is 0 Å². The van der Waals surface area contributed by atoms with Crippen LogP contribution in [-0.2, 0) is 11.2 Å². The summed E-state index contributed by atoms with van der Waals surface area (Å²) in [6, 6.07) is 18.7. The van der Waals surface area contributed by atoms with Gasteiger partial charge in [-0.15, -0.1) is 5.10 Å². The molecular formula is C21H22N4O. The van der Waals surface area contributed by atoms with Crippen molar-refractivity contribution in [3.63, 3.8) is 0 Å². The van der Waals surface area contributed by atoms with Crippen LogP contribution in [0.5, 0.6) is 0 Å². The number of hydrogen-bond acceptors (Lipinski definition) is 4. The number of aromatic nitrogens is 2. The number of carbonyl (C=O) groups is 1. The third kappa shape index (κ3) is 3.82. The van der Waals surface area contributed by atoms with Gasteiger partial charge in [-0.3, -0.25) is 4.79 Å². The summed E-state index contributed by atoms with van der Waals surface area (Å²) in [4.78, 5) is 14.6. The normalized spacial score (nSPS) is 15.2. The van der Waals surface area contributed by atoms with Gasteiger partial charge < -0.3 is 10.2 Å². The van der Waals surface area contributed by atoms with Gasteiger partial charge in [0.15, 0.2) is 0 Å². The highest BCUT2D eigenvalue weighted by molar-refractivity contribution is 5.85. The van der Waals surface area contributed by atoms with E-state index in [1.807, 2.05) is 29.2 Å². The van der Waals surface area contributed by atoms with Crippen molar-refractivity contribution in [3.05, 3.63) is 66.4 Å². The number of anilines is 1. The van der Waals surface area contributed by atoms with Gasteiger partial charge in [0.25, 0.3) is 0 Å². The van der Waals surface area contributed by atoms with Crippen molar-refractivity contribution >= 4 is 22.5 Å². The first kappa shape index (κ1) is 16.5. The van der Waals surface area contributed by atoms with Gasteiger partial charge in [0.1, 0.15) is 5.82 Å². The van der Waals surface area contributed by atoms with E-state index in [2.05, 4.69) is 45.8 Å². The molecule has 1 fully saturated rings. The monoisotopic (exact) mass is 346 g/mol. The molecule has 1 aliphatic rings. The molecule has 0 spiro atoms. The lowest BCUT2D eigenvalue weighted by atomic mass is 10.0. The molecule has 1 aliphatic heterocycles. The fourth-order valence-corrected chi connectivity index (χ4v) is 3.50. The molecule has 0 unspecified atom stereocenters. The van der Waals surface area contributed by atoms with Gasteiger partial charge in [0.05, 0.1) is 6.42 Å². The van der Waals surface area contributed by atoms with E-state index in [1.54, 1.807) is 6.20 Å². The van der Waals surface area contributed by atoms with Crippen molar-refractivity contribution in [2.24, 2.45) is 0 Å². The zero-order valence-electron chi connectivity index (χ0n) is 14.6. The van der Waals surface area contributed by atoms with Crippen molar-refractivity contribution < 1.29 is 4.79 Å². The molecule has 0 bridgehead atoms. The van der Waals surface area contributed by atoms with Gasteiger partial charge in [-0.1, -0.05) is 42.5 Å². The molecule has 3 aromatic rings. The molecule has 1 N–H and O–H groups in total. The Bertz CT molecular complexity index is 889. The van der Waals surface area contributed by atoms with Gasteiger partial charge >= 0.3 is 0 Å². The van der Waals surface area contributed by atoms with Crippen molar-refractivity contribution in [2.45, 2.75) is 25.3 Å². The number of rotatable bonds is 4. The van der Waals surface area contributed by atoms with Crippen LogP contribution in [0.4, 0.5) is 5.82 Å². The van der Waals surface area contributed by atoms with Crippen LogP contribution in [0.3, 0.4) is 0 Å². The fourth-order valence-electron chi connectivity index (χ4n) is 3.50. The summed E-state index contributed by atoms with van der Waals surface area (Å²) in [6.07, 6.45) is 3.99. The summed E-state index contributed by atoms with van der Waals surface area (Å²) in [5.74, 6) is 1.01. The molecule has 26 heavy (non-hydrogen) atoms. The quantitative estimate of drug-likeness (QED) is 0.788. The number of nitrogens with one attached hydrogen (secondary N) is 1. The number of nitrogens with zero attached hydrogens (tertiary/aromatic N) is 3. The minimum absolute atomic E-state index is 0.207. The van der Waals surface area contributed by atoms with Crippen LogP contribution in [0.1, 0.15) is 18.4 Å². The third-order valence-electron chi connectivity index (χ3n) is 4.94. The molecule has 5 heteroatoms. The first-order valence-electron chi connectivity index (χ1n) is 9.07. The minimum Gasteiger partial charge on any atom is -0.366 e. The summed E-state index contributed by atoms with van der Waals surface area (Å²) in [6.45, 7) is 1.56. The average Bonchev–Trinajstić information content (AvgIpc) is 2.69. The maximum absolute atomic E-state index is 12.7. The zero-order valence-corrected chi connectivity index (χ0v) is 14.6. The maximum Gasteiger partial charge on any atom is 0.226 e. The molecule has 2 aromatic carbocycles. The molecule has 0 atom stereocenters. The van der Waals surface area contributed by atoms with E-state index in [1.165, 1.54) is 10.8 Å². The highest BCUT2D eigenvalue weighted by Gasteiger charge is 2.23. The van der Waals surface area contributed by atoms with Crippen LogP contribution >= 0.6 is 0 Å². The second kappa shape index (κ2) is 7.52. The first-order chi connectivity index (χ1) is 12.8. The molecule has 1 saturated heterocycles. The van der Waals surface area contributed by atoms with Crippen molar-refractivity contribution in [2.75, 3.05) is 18.4 Å². The average molecular weight is 346 g/mol. The molecular weight excluding hydrogens is 324 g/mol. The molecule has 4 rings (SSSR count).